The number of aryl methyl sites for hydroxylation is 1. The Hall–Kier alpha value is -2.14. The number of nitrogens with one attached hydrogen (secondary N) is 1. The van der Waals surface area contributed by atoms with Crippen molar-refractivity contribution in [3.63, 3.8) is 0 Å². The maximum atomic E-state index is 12.1. The first-order valence-electron chi connectivity index (χ1n) is 5.88. The van der Waals surface area contributed by atoms with E-state index in [4.69, 9.17) is 4.74 Å². The van der Waals surface area contributed by atoms with Crippen LogP contribution in [0.25, 0.3) is 6.08 Å². The van der Waals surface area contributed by atoms with Crippen LogP contribution in [0.15, 0.2) is 35.2 Å². The van der Waals surface area contributed by atoms with Crippen molar-refractivity contribution < 1.29 is 9.53 Å². The highest BCUT2D eigenvalue weighted by Gasteiger charge is 2.17. The second-order valence-corrected chi connectivity index (χ2v) is 5.10. The minimum Gasteiger partial charge on any atom is -0.488 e. The summed E-state index contributed by atoms with van der Waals surface area (Å²) in [5, 5.41) is 5.30. The lowest BCUT2D eigenvalue weighted by Gasteiger charge is -2.16. The van der Waals surface area contributed by atoms with Crippen molar-refractivity contribution in [2.75, 3.05) is 11.9 Å². The number of benzene rings is 1. The van der Waals surface area contributed by atoms with Gasteiger partial charge in [0.05, 0.1) is 11.3 Å². The van der Waals surface area contributed by atoms with Crippen molar-refractivity contribution in [3.8, 4) is 5.75 Å². The first-order valence-corrected chi connectivity index (χ1v) is 6.76. The quantitative estimate of drug-likeness (QED) is 0.914. The SMILES string of the molecule is Cc1csc(NC(=O)C2=Cc3ccccc3OC2)n1. The Morgan fingerprint density at radius 3 is 3.05 bits per heavy atom. The van der Waals surface area contributed by atoms with Gasteiger partial charge in [0.25, 0.3) is 5.91 Å². The fourth-order valence-electron chi connectivity index (χ4n) is 1.84. The standard InChI is InChI=1S/C14H12N2O2S/c1-9-8-19-14(15-9)16-13(17)11-6-10-4-2-3-5-12(10)18-7-11/h2-6,8H,7H2,1H3,(H,15,16,17). The molecule has 0 fully saturated rings. The first-order chi connectivity index (χ1) is 9.22. The number of fused-ring (bicyclic) bond motifs is 1. The summed E-state index contributed by atoms with van der Waals surface area (Å²) in [5.41, 5.74) is 2.43. The van der Waals surface area contributed by atoms with Crippen molar-refractivity contribution in [2.45, 2.75) is 6.92 Å². The van der Waals surface area contributed by atoms with E-state index in [0.29, 0.717) is 10.7 Å². The molecule has 5 heteroatoms. The molecule has 1 amide bonds. The summed E-state index contributed by atoms with van der Waals surface area (Å²) in [5.74, 6) is 0.646. The topological polar surface area (TPSA) is 51.2 Å². The molecule has 2 aromatic rings. The summed E-state index contributed by atoms with van der Waals surface area (Å²) in [7, 11) is 0. The zero-order valence-corrected chi connectivity index (χ0v) is 11.2. The summed E-state index contributed by atoms with van der Waals surface area (Å²) < 4.78 is 5.55. The summed E-state index contributed by atoms with van der Waals surface area (Å²) >= 11 is 1.42. The molecule has 96 valence electrons. The first kappa shape index (κ1) is 11.9. The molecule has 1 aromatic carbocycles. The molecule has 0 saturated carbocycles. The van der Waals surface area contributed by atoms with E-state index in [1.165, 1.54) is 11.3 Å². The van der Waals surface area contributed by atoms with Gasteiger partial charge in [-0.3, -0.25) is 10.1 Å². The third kappa shape index (κ3) is 2.51. The molecule has 1 N–H and O–H groups in total. The van der Waals surface area contributed by atoms with Crippen LogP contribution in [0.2, 0.25) is 0 Å². The largest absolute Gasteiger partial charge is 0.488 e. The minimum atomic E-state index is -0.163. The second-order valence-electron chi connectivity index (χ2n) is 4.24. The van der Waals surface area contributed by atoms with Crippen LogP contribution < -0.4 is 10.1 Å². The molecule has 0 bridgehead atoms. The van der Waals surface area contributed by atoms with E-state index in [-0.39, 0.29) is 12.5 Å². The van der Waals surface area contributed by atoms with Crippen LogP contribution in [0.5, 0.6) is 5.75 Å². The van der Waals surface area contributed by atoms with Gasteiger partial charge in [-0.1, -0.05) is 18.2 Å². The monoisotopic (exact) mass is 272 g/mol. The molecule has 2 heterocycles. The van der Waals surface area contributed by atoms with E-state index in [1.807, 2.05) is 42.6 Å². The van der Waals surface area contributed by atoms with Gasteiger partial charge in [0, 0.05) is 10.9 Å². The average molecular weight is 272 g/mol. The smallest absolute Gasteiger partial charge is 0.256 e. The molecule has 0 aliphatic carbocycles. The van der Waals surface area contributed by atoms with Crippen LogP contribution in [-0.2, 0) is 4.79 Å². The molecular weight excluding hydrogens is 260 g/mol. The molecule has 0 spiro atoms. The van der Waals surface area contributed by atoms with Gasteiger partial charge in [-0.05, 0) is 19.1 Å². The molecule has 0 saturated heterocycles. The number of rotatable bonds is 2. The van der Waals surface area contributed by atoms with Gasteiger partial charge >= 0.3 is 0 Å². The van der Waals surface area contributed by atoms with Crippen LogP contribution >= 0.6 is 11.3 Å². The van der Waals surface area contributed by atoms with Crippen molar-refractivity contribution in [1.82, 2.24) is 4.98 Å². The summed E-state index contributed by atoms with van der Waals surface area (Å²) in [6.07, 6.45) is 1.86. The zero-order chi connectivity index (χ0) is 13.2. The van der Waals surface area contributed by atoms with Crippen molar-refractivity contribution >= 4 is 28.5 Å². The molecule has 0 radical (unpaired) electrons. The Morgan fingerprint density at radius 1 is 1.42 bits per heavy atom. The van der Waals surface area contributed by atoms with Gasteiger partial charge in [0.2, 0.25) is 0 Å². The fourth-order valence-corrected chi connectivity index (χ4v) is 2.52. The van der Waals surface area contributed by atoms with Crippen LogP contribution in [0.4, 0.5) is 5.13 Å². The van der Waals surface area contributed by atoms with E-state index in [0.717, 1.165) is 17.0 Å². The summed E-state index contributed by atoms with van der Waals surface area (Å²) in [6.45, 7) is 2.18. The number of anilines is 1. The normalized spacial score (nSPS) is 13.2. The van der Waals surface area contributed by atoms with Crippen LogP contribution in [-0.4, -0.2) is 17.5 Å². The van der Waals surface area contributed by atoms with Crippen molar-refractivity contribution in [2.24, 2.45) is 0 Å². The van der Waals surface area contributed by atoms with E-state index in [2.05, 4.69) is 10.3 Å². The molecule has 3 rings (SSSR count). The summed E-state index contributed by atoms with van der Waals surface area (Å²) in [4.78, 5) is 16.3. The maximum absolute atomic E-state index is 12.1. The minimum absolute atomic E-state index is 0.163. The predicted octanol–water partition coefficient (Wildman–Crippen LogP) is 2.87. The Morgan fingerprint density at radius 2 is 2.26 bits per heavy atom. The Bertz CT molecular complexity index is 661. The summed E-state index contributed by atoms with van der Waals surface area (Å²) in [6, 6.07) is 7.65. The van der Waals surface area contributed by atoms with E-state index in [9.17, 15) is 4.79 Å². The Kier molecular flexibility index (Phi) is 3.05. The number of carbonyl (C=O) groups excluding carboxylic acids is 1. The number of para-hydroxylation sites is 1. The predicted molar refractivity (Wildman–Crippen MR) is 75.4 cm³/mol. The highest BCUT2D eigenvalue weighted by Crippen LogP contribution is 2.26. The van der Waals surface area contributed by atoms with Crippen LogP contribution in [0.3, 0.4) is 0 Å². The van der Waals surface area contributed by atoms with Crippen molar-refractivity contribution in [1.29, 1.82) is 0 Å². The molecule has 1 aliphatic heterocycles. The van der Waals surface area contributed by atoms with E-state index < -0.39 is 0 Å². The number of nitrogens with zero attached hydrogens (tertiary/aromatic N) is 1. The van der Waals surface area contributed by atoms with Gasteiger partial charge in [0.1, 0.15) is 12.4 Å². The highest BCUT2D eigenvalue weighted by molar-refractivity contribution is 7.13. The lowest BCUT2D eigenvalue weighted by molar-refractivity contribution is -0.113. The van der Waals surface area contributed by atoms with Crippen LogP contribution in [0.1, 0.15) is 11.3 Å². The zero-order valence-electron chi connectivity index (χ0n) is 10.3. The lowest BCUT2D eigenvalue weighted by atomic mass is 10.1. The van der Waals surface area contributed by atoms with Crippen LogP contribution in [0, 0.1) is 6.92 Å². The number of hydrogen-bond acceptors (Lipinski definition) is 4. The molecule has 19 heavy (non-hydrogen) atoms. The molecule has 1 aliphatic rings. The Labute approximate surface area is 114 Å². The number of aromatic nitrogens is 1. The third-order valence-corrected chi connectivity index (χ3v) is 3.64. The number of ether oxygens (including phenoxy) is 1. The van der Waals surface area contributed by atoms with Gasteiger partial charge in [-0.25, -0.2) is 4.98 Å². The Balaban J connectivity index is 1.80. The van der Waals surface area contributed by atoms with E-state index in [1.54, 1.807) is 0 Å². The number of hydrogen-bond donors (Lipinski definition) is 1. The molecule has 1 aromatic heterocycles. The third-order valence-electron chi connectivity index (χ3n) is 2.76. The number of carbonyl (C=O) groups is 1. The fraction of sp³-hybridized carbons (Fsp3) is 0.143. The van der Waals surface area contributed by atoms with Gasteiger partial charge in [0.15, 0.2) is 5.13 Å². The highest BCUT2D eigenvalue weighted by atomic mass is 32.1. The maximum Gasteiger partial charge on any atom is 0.256 e. The molecular formula is C14H12N2O2S. The second kappa shape index (κ2) is 4.85. The number of amides is 1. The number of thiazole rings is 1. The van der Waals surface area contributed by atoms with Crippen molar-refractivity contribution in [3.05, 3.63) is 46.5 Å². The molecule has 0 atom stereocenters. The molecule has 0 unspecified atom stereocenters. The van der Waals surface area contributed by atoms with E-state index >= 15 is 0 Å². The molecule has 4 nitrogen and oxygen atoms in total. The van der Waals surface area contributed by atoms with Gasteiger partial charge in [-0.2, -0.15) is 0 Å². The van der Waals surface area contributed by atoms with Gasteiger partial charge < -0.3 is 4.74 Å². The average Bonchev–Trinajstić information content (AvgIpc) is 2.83. The van der Waals surface area contributed by atoms with Gasteiger partial charge in [-0.15, -0.1) is 11.3 Å². The lowest BCUT2D eigenvalue weighted by Crippen LogP contribution is -2.21.